The zero-order valence-corrected chi connectivity index (χ0v) is 18.9. The van der Waals surface area contributed by atoms with Crippen molar-refractivity contribution in [3.8, 4) is 5.75 Å². The van der Waals surface area contributed by atoms with Crippen molar-refractivity contribution in [1.29, 1.82) is 0 Å². The van der Waals surface area contributed by atoms with Crippen LogP contribution in [-0.2, 0) is 11.3 Å². The van der Waals surface area contributed by atoms with E-state index in [1.54, 1.807) is 18.3 Å². The Morgan fingerprint density at radius 3 is 2.74 bits per heavy atom. The molecular weight excluding hydrogens is 459 g/mol. The number of fused-ring (bicyclic) bond motifs is 1. The molecule has 0 bridgehead atoms. The second-order valence-electron chi connectivity index (χ2n) is 7.72. The van der Waals surface area contributed by atoms with Gasteiger partial charge in [-0.1, -0.05) is 11.6 Å². The molecule has 4 aromatic rings. The summed E-state index contributed by atoms with van der Waals surface area (Å²) in [4.78, 5) is 16.9. The Bertz CT molecular complexity index is 1380. The first-order chi connectivity index (χ1) is 16.5. The monoisotopic (exact) mass is 478 g/mol. The maximum atomic E-state index is 13.3. The Balaban J connectivity index is 1.33. The molecule has 1 unspecified atom stereocenters. The second-order valence-corrected chi connectivity index (χ2v) is 8.13. The van der Waals surface area contributed by atoms with Gasteiger partial charge in [-0.25, -0.2) is 19.4 Å². The molecule has 1 aliphatic rings. The van der Waals surface area contributed by atoms with Gasteiger partial charge in [-0.15, -0.1) is 0 Å². The predicted octanol–water partition coefficient (Wildman–Crippen LogP) is 5.33. The Hall–Kier alpha value is -3.98. The van der Waals surface area contributed by atoms with Crippen molar-refractivity contribution in [2.24, 2.45) is 4.99 Å². The molecule has 2 N–H and O–H groups in total. The molecule has 10 heteroatoms. The minimum atomic E-state index is -0.416. The van der Waals surface area contributed by atoms with Crippen LogP contribution in [0, 0.1) is 5.82 Å². The number of aromatic nitrogens is 3. The van der Waals surface area contributed by atoms with Crippen LogP contribution in [0.1, 0.15) is 12.5 Å². The molecule has 0 fully saturated rings. The lowest BCUT2D eigenvalue weighted by molar-refractivity contribution is 0.245. The van der Waals surface area contributed by atoms with Crippen molar-refractivity contribution in [2.45, 2.75) is 19.6 Å². The second kappa shape index (κ2) is 9.48. The number of hydrogen-bond acceptors (Lipinski definition) is 8. The SMILES string of the molecule is CC1CN=C(Nc2ccc3ncnc(Nc4ccc(OCc5cncc(F)c5)c(Cl)c4)c3c2)O1. The van der Waals surface area contributed by atoms with Crippen LogP contribution in [0.15, 0.2) is 66.2 Å². The number of benzene rings is 2. The molecule has 0 saturated carbocycles. The van der Waals surface area contributed by atoms with E-state index < -0.39 is 5.82 Å². The normalized spacial score (nSPS) is 15.0. The van der Waals surface area contributed by atoms with Gasteiger partial charge in [-0.2, -0.15) is 0 Å². The number of aliphatic imine (C=N–C) groups is 1. The average molecular weight is 479 g/mol. The largest absolute Gasteiger partial charge is 0.487 e. The minimum Gasteiger partial charge on any atom is -0.487 e. The average Bonchev–Trinajstić information content (AvgIpc) is 3.23. The van der Waals surface area contributed by atoms with Gasteiger partial charge in [0.1, 0.15) is 36.4 Å². The van der Waals surface area contributed by atoms with Crippen LogP contribution in [0.5, 0.6) is 5.75 Å². The quantitative estimate of drug-likeness (QED) is 0.387. The van der Waals surface area contributed by atoms with E-state index in [9.17, 15) is 4.39 Å². The van der Waals surface area contributed by atoms with Crippen molar-refractivity contribution >= 4 is 45.7 Å². The molecule has 34 heavy (non-hydrogen) atoms. The number of nitrogens with one attached hydrogen (secondary N) is 2. The molecular formula is C24H20ClFN6O2. The third kappa shape index (κ3) is 4.99. The van der Waals surface area contributed by atoms with E-state index in [2.05, 4.69) is 30.6 Å². The van der Waals surface area contributed by atoms with Gasteiger partial charge < -0.3 is 20.1 Å². The van der Waals surface area contributed by atoms with E-state index in [1.807, 2.05) is 31.2 Å². The molecule has 172 valence electrons. The van der Waals surface area contributed by atoms with Gasteiger partial charge in [0.2, 0.25) is 0 Å². The molecule has 0 spiro atoms. The standard InChI is InChI=1S/C24H20ClFN6O2/c1-14-9-28-24(34-14)32-17-2-4-21-19(7-17)23(30-13-29-21)31-18-3-5-22(20(25)8-18)33-12-15-6-16(26)11-27-10-15/h2-8,10-11,13-14H,9,12H2,1H3,(H,28,32)(H,29,30,31). The summed E-state index contributed by atoms with van der Waals surface area (Å²) in [6, 6.07) is 12.9. The van der Waals surface area contributed by atoms with Gasteiger partial charge in [0.15, 0.2) is 0 Å². The summed E-state index contributed by atoms with van der Waals surface area (Å²) in [6.45, 7) is 2.75. The van der Waals surface area contributed by atoms with Gasteiger partial charge in [0.25, 0.3) is 6.02 Å². The van der Waals surface area contributed by atoms with Gasteiger partial charge in [0.05, 0.1) is 23.3 Å². The molecule has 5 rings (SSSR count). The van der Waals surface area contributed by atoms with E-state index in [0.717, 1.165) is 28.5 Å². The highest BCUT2D eigenvalue weighted by molar-refractivity contribution is 6.32. The number of amidine groups is 1. The lowest BCUT2D eigenvalue weighted by Crippen LogP contribution is -2.15. The lowest BCUT2D eigenvalue weighted by atomic mass is 10.2. The fourth-order valence-corrected chi connectivity index (χ4v) is 3.67. The fraction of sp³-hybridized carbons (Fsp3) is 0.167. The highest BCUT2D eigenvalue weighted by atomic mass is 35.5. The molecule has 1 atom stereocenters. The number of ether oxygens (including phenoxy) is 2. The third-order valence-corrected chi connectivity index (χ3v) is 5.34. The minimum absolute atomic E-state index is 0.0609. The Labute approximate surface area is 199 Å². The van der Waals surface area contributed by atoms with Gasteiger partial charge in [0, 0.05) is 28.5 Å². The van der Waals surface area contributed by atoms with Gasteiger partial charge >= 0.3 is 0 Å². The zero-order valence-electron chi connectivity index (χ0n) is 18.1. The fourth-order valence-electron chi connectivity index (χ4n) is 3.43. The van der Waals surface area contributed by atoms with Crippen molar-refractivity contribution < 1.29 is 13.9 Å². The van der Waals surface area contributed by atoms with E-state index in [0.29, 0.717) is 34.7 Å². The smallest absolute Gasteiger partial charge is 0.289 e. The number of halogens is 2. The lowest BCUT2D eigenvalue weighted by Gasteiger charge is -2.13. The van der Waals surface area contributed by atoms with Gasteiger partial charge in [-0.3, -0.25) is 4.98 Å². The maximum Gasteiger partial charge on any atom is 0.289 e. The number of pyridine rings is 1. The van der Waals surface area contributed by atoms with Crippen LogP contribution in [0.3, 0.4) is 0 Å². The first-order valence-corrected chi connectivity index (χ1v) is 10.9. The van der Waals surface area contributed by atoms with E-state index >= 15 is 0 Å². The van der Waals surface area contributed by atoms with E-state index in [1.165, 1.54) is 12.4 Å². The van der Waals surface area contributed by atoms with Crippen LogP contribution in [-0.4, -0.2) is 33.6 Å². The summed E-state index contributed by atoms with van der Waals surface area (Å²) < 4.78 is 24.6. The molecule has 0 amide bonds. The predicted molar refractivity (Wildman–Crippen MR) is 129 cm³/mol. The molecule has 3 heterocycles. The van der Waals surface area contributed by atoms with Gasteiger partial charge in [-0.05, 0) is 49.4 Å². The number of rotatable bonds is 6. The van der Waals surface area contributed by atoms with Crippen LogP contribution in [0.2, 0.25) is 5.02 Å². The van der Waals surface area contributed by atoms with Crippen LogP contribution < -0.4 is 15.4 Å². The van der Waals surface area contributed by atoms with Crippen molar-refractivity contribution in [3.63, 3.8) is 0 Å². The van der Waals surface area contributed by atoms with Crippen molar-refractivity contribution in [2.75, 3.05) is 17.2 Å². The summed E-state index contributed by atoms with van der Waals surface area (Å²) in [5, 5.41) is 7.68. The Morgan fingerprint density at radius 2 is 1.94 bits per heavy atom. The molecule has 0 radical (unpaired) electrons. The van der Waals surface area contributed by atoms with Crippen molar-refractivity contribution in [1.82, 2.24) is 15.0 Å². The topological polar surface area (TPSA) is 93.6 Å². The highest BCUT2D eigenvalue weighted by Gasteiger charge is 2.15. The molecule has 2 aromatic carbocycles. The van der Waals surface area contributed by atoms with Crippen molar-refractivity contribution in [3.05, 3.63) is 77.6 Å². The van der Waals surface area contributed by atoms with Crippen LogP contribution >= 0.6 is 11.6 Å². The number of hydrogen-bond donors (Lipinski definition) is 2. The summed E-state index contributed by atoms with van der Waals surface area (Å²) in [6.07, 6.45) is 4.24. The summed E-state index contributed by atoms with van der Waals surface area (Å²) in [5.41, 5.74) is 2.92. The number of anilines is 3. The molecule has 0 saturated heterocycles. The first kappa shape index (κ1) is 21.8. The number of nitrogens with zero attached hydrogens (tertiary/aromatic N) is 4. The molecule has 8 nitrogen and oxygen atoms in total. The maximum absolute atomic E-state index is 13.3. The van der Waals surface area contributed by atoms with E-state index in [-0.39, 0.29) is 12.7 Å². The Kier molecular flexibility index (Phi) is 6.09. The summed E-state index contributed by atoms with van der Waals surface area (Å²) >= 11 is 6.42. The Morgan fingerprint density at radius 1 is 1.09 bits per heavy atom. The third-order valence-electron chi connectivity index (χ3n) is 5.04. The van der Waals surface area contributed by atoms with Crippen LogP contribution in [0.25, 0.3) is 10.9 Å². The summed E-state index contributed by atoms with van der Waals surface area (Å²) in [5.74, 6) is 0.675. The molecule has 0 aliphatic carbocycles. The molecule has 2 aromatic heterocycles. The first-order valence-electron chi connectivity index (χ1n) is 10.6. The highest BCUT2D eigenvalue weighted by Crippen LogP contribution is 2.31. The molecule has 1 aliphatic heterocycles. The zero-order chi connectivity index (χ0) is 23.5. The van der Waals surface area contributed by atoms with E-state index in [4.69, 9.17) is 21.1 Å². The van der Waals surface area contributed by atoms with Crippen LogP contribution in [0.4, 0.5) is 21.6 Å². The summed E-state index contributed by atoms with van der Waals surface area (Å²) in [7, 11) is 0.